The molecule has 9 rings (SSSR count). The zero-order valence-electron chi connectivity index (χ0n) is 31.3. The van der Waals surface area contributed by atoms with Crippen LogP contribution in [0.15, 0.2) is 200 Å². The van der Waals surface area contributed by atoms with Gasteiger partial charge in [-0.3, -0.25) is 0 Å². The second kappa shape index (κ2) is 19.6. The van der Waals surface area contributed by atoms with E-state index in [-0.39, 0.29) is 7.43 Å². The van der Waals surface area contributed by atoms with Crippen LogP contribution in [0.1, 0.15) is 18.6 Å². The van der Waals surface area contributed by atoms with E-state index in [1.807, 2.05) is 60.7 Å². The Morgan fingerprint density at radius 3 is 1.36 bits per heavy atom. The molecular weight excluding hydrogens is 911 g/mol. The van der Waals surface area contributed by atoms with Crippen LogP contribution >= 0.6 is 47.8 Å². The molecule has 2 N–H and O–H groups in total. The Labute approximate surface area is 366 Å². The van der Waals surface area contributed by atoms with Crippen LogP contribution in [0, 0.1) is 13.8 Å². The van der Waals surface area contributed by atoms with E-state index < -0.39 is 7.12 Å². The van der Waals surface area contributed by atoms with Gasteiger partial charge in [0.1, 0.15) is 11.2 Å². The van der Waals surface area contributed by atoms with Crippen molar-refractivity contribution in [2.24, 2.45) is 0 Å². The summed E-state index contributed by atoms with van der Waals surface area (Å²) < 4.78 is 9.29. The molecule has 1 heterocycles. The first-order valence-corrected chi connectivity index (χ1v) is 20.8. The highest BCUT2D eigenvalue weighted by atomic mass is 79.9. The fourth-order valence-electron chi connectivity index (χ4n) is 6.89. The Bertz CT molecular complexity index is 2730. The lowest BCUT2D eigenvalue weighted by Gasteiger charge is -2.10. The molecule has 9 aromatic rings. The molecule has 0 radical (unpaired) electrons. The summed E-state index contributed by atoms with van der Waals surface area (Å²) in [5.74, 6) is 0. The lowest BCUT2D eigenvalue weighted by atomic mass is 9.75. The lowest BCUT2D eigenvalue weighted by Crippen LogP contribution is -2.31. The van der Waals surface area contributed by atoms with Gasteiger partial charge in [-0.05, 0) is 130 Å². The smallest absolute Gasteiger partial charge is 0.456 e. The van der Waals surface area contributed by atoms with Gasteiger partial charge in [0, 0.05) is 24.2 Å². The van der Waals surface area contributed by atoms with Crippen molar-refractivity contribution >= 4 is 82.3 Å². The minimum atomic E-state index is -1.43. The lowest BCUT2D eigenvalue weighted by molar-refractivity contribution is 0.426. The highest BCUT2D eigenvalue weighted by molar-refractivity contribution is 9.11. The Balaban J connectivity index is 0.000000154. The number of furan rings is 1. The molecule has 58 heavy (non-hydrogen) atoms. The number of rotatable bonds is 5. The van der Waals surface area contributed by atoms with E-state index in [2.05, 4.69) is 171 Å². The largest absolute Gasteiger partial charge is 0.489 e. The van der Waals surface area contributed by atoms with Gasteiger partial charge in [-0.15, -0.1) is 0 Å². The normalized spacial score (nSPS) is 10.5. The van der Waals surface area contributed by atoms with E-state index in [0.717, 1.165) is 46.5 Å². The van der Waals surface area contributed by atoms with E-state index >= 15 is 0 Å². The van der Waals surface area contributed by atoms with Crippen LogP contribution < -0.4 is 5.46 Å². The van der Waals surface area contributed by atoms with Gasteiger partial charge in [-0.25, -0.2) is 0 Å². The molecular formula is C51H42BBr3O3. The van der Waals surface area contributed by atoms with E-state index in [4.69, 9.17) is 4.42 Å². The number of aryl methyl sites for hydroxylation is 2. The quantitative estimate of drug-likeness (QED) is 0.169. The van der Waals surface area contributed by atoms with Gasteiger partial charge in [0.15, 0.2) is 0 Å². The number of fused-ring (bicyclic) bond motifs is 3. The topological polar surface area (TPSA) is 53.6 Å². The van der Waals surface area contributed by atoms with Crippen LogP contribution in [0.25, 0.3) is 66.4 Å². The van der Waals surface area contributed by atoms with Crippen molar-refractivity contribution in [3.05, 3.63) is 207 Å². The Morgan fingerprint density at radius 1 is 0.397 bits per heavy atom. The highest BCUT2D eigenvalue weighted by Gasteiger charge is 2.16. The Hall–Kier alpha value is -5.02. The molecule has 0 spiro atoms. The third-order valence-electron chi connectivity index (χ3n) is 9.77. The molecule has 3 nitrogen and oxygen atoms in total. The van der Waals surface area contributed by atoms with Crippen LogP contribution in [0.5, 0.6) is 0 Å². The maximum Gasteiger partial charge on any atom is 0.489 e. The zero-order chi connectivity index (χ0) is 39.9. The second-order valence-electron chi connectivity index (χ2n) is 13.6. The van der Waals surface area contributed by atoms with Gasteiger partial charge >= 0.3 is 7.12 Å². The number of benzene rings is 8. The Kier molecular flexibility index (Phi) is 14.4. The van der Waals surface area contributed by atoms with E-state index in [1.165, 1.54) is 44.5 Å². The molecule has 0 saturated heterocycles. The van der Waals surface area contributed by atoms with Crippen LogP contribution in [0.2, 0.25) is 0 Å². The third kappa shape index (κ3) is 9.98. The van der Waals surface area contributed by atoms with Crippen molar-refractivity contribution in [1.82, 2.24) is 0 Å². The van der Waals surface area contributed by atoms with Crippen LogP contribution in [0.4, 0.5) is 0 Å². The van der Waals surface area contributed by atoms with E-state index in [1.54, 1.807) is 12.1 Å². The standard InChI is InChI=1S/C24H15BrO.C14H12Br2.C12H11BO2.CH4/c25-18-11-13-24-22(15-18)21-14-17(10-12-23(21)26-24)20-9-5-4-8-19(20)16-6-2-1-3-7-16;1-9-3-5-11(15)7-13(9)14-8-12(16)6-4-10(14)2;14-13(15)12-9-5-4-8-11(12)10-6-2-1-3-7-10;/h1-15H;3-8H,1-2H3;1-9,14-15H;1H4. The molecule has 7 heteroatoms. The van der Waals surface area contributed by atoms with Crippen LogP contribution in [-0.2, 0) is 0 Å². The highest BCUT2D eigenvalue weighted by Crippen LogP contribution is 2.37. The number of halogens is 3. The molecule has 0 atom stereocenters. The van der Waals surface area contributed by atoms with Crippen molar-refractivity contribution < 1.29 is 14.5 Å². The van der Waals surface area contributed by atoms with Crippen molar-refractivity contribution in [3.8, 4) is 44.5 Å². The summed E-state index contributed by atoms with van der Waals surface area (Å²) in [6.07, 6.45) is 0. The summed E-state index contributed by atoms with van der Waals surface area (Å²) in [6.45, 7) is 4.28. The van der Waals surface area contributed by atoms with Gasteiger partial charge in [-0.2, -0.15) is 0 Å². The molecule has 0 aliphatic heterocycles. The summed E-state index contributed by atoms with van der Waals surface area (Å²) >= 11 is 10.6. The van der Waals surface area contributed by atoms with Crippen molar-refractivity contribution in [2.45, 2.75) is 21.3 Å². The Morgan fingerprint density at radius 2 is 0.810 bits per heavy atom. The molecule has 0 aliphatic rings. The summed E-state index contributed by atoms with van der Waals surface area (Å²) in [5, 5.41) is 20.7. The minimum Gasteiger partial charge on any atom is -0.456 e. The maximum absolute atomic E-state index is 9.22. The first-order valence-electron chi connectivity index (χ1n) is 18.5. The van der Waals surface area contributed by atoms with Gasteiger partial charge in [0.2, 0.25) is 0 Å². The SMILES string of the molecule is Brc1ccc2oc3ccc(-c4ccccc4-c4ccccc4)cc3c2c1.C.Cc1ccc(Br)cc1-c1cc(Br)ccc1C.OB(O)c1ccccc1-c1ccccc1. The summed E-state index contributed by atoms with van der Waals surface area (Å²) in [4.78, 5) is 0. The molecule has 0 saturated carbocycles. The fourth-order valence-corrected chi connectivity index (χ4v) is 7.98. The van der Waals surface area contributed by atoms with Crippen molar-refractivity contribution in [1.29, 1.82) is 0 Å². The van der Waals surface area contributed by atoms with E-state index in [0.29, 0.717) is 5.46 Å². The van der Waals surface area contributed by atoms with Gasteiger partial charge in [-0.1, -0.05) is 183 Å². The zero-order valence-corrected chi connectivity index (χ0v) is 36.1. The fraction of sp³-hybridized carbons (Fsp3) is 0.0588. The summed E-state index contributed by atoms with van der Waals surface area (Å²) in [5.41, 5.74) is 14.2. The van der Waals surface area contributed by atoms with Crippen LogP contribution in [0.3, 0.4) is 0 Å². The third-order valence-corrected chi connectivity index (χ3v) is 11.2. The molecule has 0 fully saturated rings. The molecule has 8 aromatic carbocycles. The molecule has 288 valence electrons. The van der Waals surface area contributed by atoms with E-state index in [9.17, 15) is 10.0 Å². The number of hydrogen-bond acceptors (Lipinski definition) is 3. The van der Waals surface area contributed by atoms with Crippen LogP contribution in [-0.4, -0.2) is 17.2 Å². The predicted octanol–water partition coefficient (Wildman–Crippen LogP) is 14.8. The monoisotopic (exact) mass is 950 g/mol. The predicted molar refractivity (Wildman–Crippen MR) is 257 cm³/mol. The molecule has 0 bridgehead atoms. The van der Waals surface area contributed by atoms with Gasteiger partial charge < -0.3 is 14.5 Å². The second-order valence-corrected chi connectivity index (χ2v) is 16.4. The molecule has 0 aliphatic carbocycles. The first-order chi connectivity index (χ1) is 27.7. The summed E-state index contributed by atoms with van der Waals surface area (Å²) in [7, 11) is -1.43. The molecule has 0 unspecified atom stereocenters. The summed E-state index contributed by atoms with van der Waals surface area (Å²) in [6, 6.07) is 61.4. The molecule has 0 amide bonds. The van der Waals surface area contributed by atoms with Gasteiger partial charge in [0.05, 0.1) is 0 Å². The van der Waals surface area contributed by atoms with Crippen molar-refractivity contribution in [2.75, 3.05) is 0 Å². The average Bonchev–Trinajstić information content (AvgIpc) is 3.61. The average molecular weight is 953 g/mol. The van der Waals surface area contributed by atoms with Crippen molar-refractivity contribution in [3.63, 3.8) is 0 Å². The minimum absolute atomic E-state index is 0. The number of hydrogen-bond donors (Lipinski definition) is 2. The maximum atomic E-state index is 9.22. The first kappa shape index (κ1) is 42.6. The molecule has 1 aromatic heterocycles. The van der Waals surface area contributed by atoms with Gasteiger partial charge in [0.25, 0.3) is 0 Å².